The summed E-state index contributed by atoms with van der Waals surface area (Å²) in [4.78, 5) is 23.6. The first-order valence-electron chi connectivity index (χ1n) is 4.67. The molecule has 0 atom stereocenters. The Morgan fingerprint density at radius 1 is 1.33 bits per heavy atom. The van der Waals surface area contributed by atoms with Gasteiger partial charge in [0.15, 0.2) is 5.78 Å². The lowest BCUT2D eigenvalue weighted by Crippen LogP contribution is -2.25. The molecule has 0 radical (unpaired) electrons. The number of aryl methyl sites for hydroxylation is 1. The maximum absolute atomic E-state index is 13.6. The zero-order valence-corrected chi connectivity index (χ0v) is 8.29. The highest BCUT2D eigenvalue weighted by molar-refractivity contribution is 6.15. The van der Waals surface area contributed by atoms with E-state index in [0.29, 0.717) is 5.56 Å². The summed E-state index contributed by atoms with van der Waals surface area (Å²) in [6.45, 7) is 1.61. The van der Waals surface area contributed by atoms with Crippen molar-refractivity contribution < 1.29 is 14.0 Å². The van der Waals surface area contributed by atoms with Crippen molar-refractivity contribution in [3.63, 3.8) is 0 Å². The molecule has 0 bridgehead atoms. The number of rotatable bonds is 1. The zero-order chi connectivity index (χ0) is 11.0. The summed E-state index contributed by atoms with van der Waals surface area (Å²) in [5.74, 6) is -0.925. The minimum atomic E-state index is -0.430. The van der Waals surface area contributed by atoms with Crippen molar-refractivity contribution in [1.82, 2.24) is 0 Å². The summed E-state index contributed by atoms with van der Waals surface area (Å²) in [7, 11) is 0. The Bertz CT molecular complexity index is 442. The first-order valence-corrected chi connectivity index (χ1v) is 4.67. The van der Waals surface area contributed by atoms with Crippen molar-refractivity contribution in [3.05, 3.63) is 29.6 Å². The van der Waals surface area contributed by atoms with Crippen molar-refractivity contribution in [1.29, 1.82) is 0 Å². The van der Waals surface area contributed by atoms with Gasteiger partial charge in [-0.05, 0) is 18.6 Å². The van der Waals surface area contributed by atoms with Crippen molar-refractivity contribution in [2.24, 2.45) is 0 Å². The number of carbonyl (C=O) groups excluding carboxylic acids is 2. The van der Waals surface area contributed by atoms with Crippen LogP contribution in [0.2, 0.25) is 0 Å². The Morgan fingerprint density at radius 2 is 2.07 bits per heavy atom. The van der Waals surface area contributed by atoms with E-state index in [2.05, 4.69) is 0 Å². The van der Waals surface area contributed by atoms with Gasteiger partial charge in [0.05, 0.1) is 18.7 Å². The predicted octanol–water partition coefficient (Wildman–Crippen LogP) is 1.44. The molecule has 2 rings (SSSR count). The third kappa shape index (κ3) is 1.63. The van der Waals surface area contributed by atoms with Crippen molar-refractivity contribution >= 4 is 17.4 Å². The highest BCUT2D eigenvalue weighted by Gasteiger charge is 2.30. The minimum absolute atomic E-state index is 0.0147. The van der Waals surface area contributed by atoms with Gasteiger partial charge in [-0.3, -0.25) is 9.59 Å². The van der Waals surface area contributed by atoms with Crippen LogP contribution in [0.4, 0.5) is 10.1 Å². The molecule has 1 heterocycles. The molecule has 3 nitrogen and oxygen atoms in total. The van der Waals surface area contributed by atoms with E-state index in [9.17, 15) is 14.0 Å². The van der Waals surface area contributed by atoms with Crippen LogP contribution in [0.5, 0.6) is 0 Å². The standard InChI is InChI=1S/C11H10FNO2/c1-7-3-2-4-9(11(7)12)13-6-8(14)5-10(13)15/h2-4H,5-6H2,1H3. The molecular weight excluding hydrogens is 197 g/mol. The van der Waals surface area contributed by atoms with E-state index in [0.717, 1.165) is 0 Å². The zero-order valence-electron chi connectivity index (χ0n) is 8.29. The quantitative estimate of drug-likeness (QED) is 0.653. The molecule has 1 aromatic rings. The summed E-state index contributed by atoms with van der Waals surface area (Å²) < 4.78 is 13.6. The molecule has 0 aromatic heterocycles. The molecule has 1 aromatic carbocycles. The molecule has 1 amide bonds. The Kier molecular flexibility index (Phi) is 2.26. The molecule has 0 spiro atoms. The van der Waals surface area contributed by atoms with E-state index < -0.39 is 5.82 Å². The highest BCUT2D eigenvalue weighted by atomic mass is 19.1. The van der Waals surface area contributed by atoms with Crippen molar-refractivity contribution in [2.45, 2.75) is 13.3 Å². The predicted molar refractivity (Wildman–Crippen MR) is 53.1 cm³/mol. The number of anilines is 1. The first-order chi connectivity index (χ1) is 7.09. The fourth-order valence-electron chi connectivity index (χ4n) is 1.64. The molecule has 4 heteroatoms. The summed E-state index contributed by atoms with van der Waals surface area (Å²) >= 11 is 0. The van der Waals surface area contributed by atoms with Crippen LogP contribution in [-0.2, 0) is 9.59 Å². The van der Waals surface area contributed by atoms with Crippen LogP contribution >= 0.6 is 0 Å². The molecule has 0 saturated carbocycles. The maximum Gasteiger partial charge on any atom is 0.235 e. The summed E-state index contributed by atoms with van der Waals surface area (Å²) in [6.07, 6.45) is -0.118. The average molecular weight is 207 g/mol. The van der Waals surface area contributed by atoms with Gasteiger partial charge in [-0.25, -0.2) is 4.39 Å². The summed E-state index contributed by atoms with van der Waals surface area (Å²) in [6, 6.07) is 4.81. The fraction of sp³-hybridized carbons (Fsp3) is 0.273. The maximum atomic E-state index is 13.6. The number of ketones is 1. The number of Topliss-reactive ketones (excluding diaryl/α,β-unsaturated/α-hetero) is 1. The van der Waals surface area contributed by atoms with Gasteiger partial charge in [0, 0.05) is 0 Å². The van der Waals surface area contributed by atoms with Gasteiger partial charge in [-0.2, -0.15) is 0 Å². The highest BCUT2D eigenvalue weighted by Crippen LogP contribution is 2.24. The van der Waals surface area contributed by atoms with Crippen LogP contribution in [0.25, 0.3) is 0 Å². The molecule has 1 saturated heterocycles. The van der Waals surface area contributed by atoms with E-state index in [1.54, 1.807) is 19.1 Å². The molecule has 15 heavy (non-hydrogen) atoms. The Morgan fingerprint density at radius 3 is 2.67 bits per heavy atom. The minimum Gasteiger partial charge on any atom is -0.302 e. The van der Waals surface area contributed by atoms with Gasteiger partial charge in [0.25, 0.3) is 0 Å². The van der Waals surface area contributed by atoms with Crippen LogP contribution in [0.1, 0.15) is 12.0 Å². The van der Waals surface area contributed by atoms with E-state index in [4.69, 9.17) is 0 Å². The monoisotopic (exact) mass is 207 g/mol. The second kappa shape index (κ2) is 3.46. The van der Waals surface area contributed by atoms with Gasteiger partial charge in [0.2, 0.25) is 5.91 Å². The van der Waals surface area contributed by atoms with Crippen LogP contribution in [0, 0.1) is 12.7 Å². The number of carbonyl (C=O) groups is 2. The second-order valence-electron chi connectivity index (χ2n) is 3.60. The number of benzene rings is 1. The average Bonchev–Trinajstić information content (AvgIpc) is 2.50. The van der Waals surface area contributed by atoms with Crippen molar-refractivity contribution in [3.8, 4) is 0 Å². The van der Waals surface area contributed by atoms with Gasteiger partial charge in [-0.1, -0.05) is 12.1 Å². The fourth-order valence-corrected chi connectivity index (χ4v) is 1.64. The van der Waals surface area contributed by atoms with E-state index in [1.807, 2.05) is 0 Å². The molecule has 0 N–H and O–H groups in total. The number of hydrogen-bond donors (Lipinski definition) is 0. The molecule has 1 aliphatic heterocycles. The number of halogens is 1. The third-order valence-electron chi connectivity index (χ3n) is 2.45. The van der Waals surface area contributed by atoms with Crippen LogP contribution in [0.15, 0.2) is 18.2 Å². The second-order valence-corrected chi connectivity index (χ2v) is 3.60. The number of hydrogen-bond acceptors (Lipinski definition) is 2. The van der Waals surface area contributed by atoms with Gasteiger partial charge >= 0.3 is 0 Å². The Labute approximate surface area is 86.5 Å². The van der Waals surface area contributed by atoms with Crippen molar-refractivity contribution in [2.75, 3.05) is 11.4 Å². The third-order valence-corrected chi connectivity index (χ3v) is 2.45. The molecular formula is C11H10FNO2. The van der Waals surface area contributed by atoms with E-state index in [-0.39, 0.29) is 30.3 Å². The summed E-state index contributed by atoms with van der Waals surface area (Å²) in [5, 5.41) is 0. The van der Waals surface area contributed by atoms with Gasteiger partial charge in [0.1, 0.15) is 5.82 Å². The van der Waals surface area contributed by atoms with Crippen LogP contribution in [0.3, 0.4) is 0 Å². The smallest absolute Gasteiger partial charge is 0.235 e. The topological polar surface area (TPSA) is 37.4 Å². The lowest BCUT2D eigenvalue weighted by atomic mass is 10.2. The lowest BCUT2D eigenvalue weighted by molar-refractivity contribution is -0.121. The molecule has 0 unspecified atom stereocenters. The summed E-state index contributed by atoms with van der Waals surface area (Å²) in [5.41, 5.74) is 0.672. The largest absolute Gasteiger partial charge is 0.302 e. The van der Waals surface area contributed by atoms with Gasteiger partial charge < -0.3 is 4.90 Å². The Hall–Kier alpha value is -1.71. The number of amides is 1. The van der Waals surface area contributed by atoms with E-state index >= 15 is 0 Å². The Balaban J connectivity index is 2.42. The van der Waals surface area contributed by atoms with Crippen LogP contribution < -0.4 is 4.90 Å². The molecule has 0 aliphatic carbocycles. The molecule has 1 aliphatic rings. The lowest BCUT2D eigenvalue weighted by Gasteiger charge is -2.16. The van der Waals surface area contributed by atoms with Gasteiger partial charge in [-0.15, -0.1) is 0 Å². The molecule has 78 valence electrons. The SMILES string of the molecule is Cc1cccc(N2CC(=O)CC2=O)c1F. The number of nitrogens with zero attached hydrogens (tertiary/aromatic N) is 1. The normalized spacial score (nSPS) is 16.3. The first kappa shape index (κ1) is 9.83. The van der Waals surface area contributed by atoms with E-state index in [1.165, 1.54) is 11.0 Å². The molecule has 1 fully saturated rings. The van der Waals surface area contributed by atoms with Crippen LogP contribution in [-0.4, -0.2) is 18.2 Å².